The van der Waals surface area contributed by atoms with Gasteiger partial charge in [-0.3, -0.25) is 4.98 Å². The molecule has 0 radical (unpaired) electrons. The number of benzene rings is 1. The van der Waals surface area contributed by atoms with Crippen LogP contribution in [0.4, 0.5) is 0 Å². The van der Waals surface area contributed by atoms with Gasteiger partial charge in [0.25, 0.3) is 0 Å². The molecule has 0 bridgehead atoms. The van der Waals surface area contributed by atoms with Gasteiger partial charge in [0.2, 0.25) is 0 Å². The molecule has 15 heavy (non-hydrogen) atoms. The highest BCUT2D eigenvalue weighted by molar-refractivity contribution is 5.63. The van der Waals surface area contributed by atoms with Crippen LogP contribution in [0.5, 0.6) is 0 Å². The van der Waals surface area contributed by atoms with Gasteiger partial charge in [0.1, 0.15) is 0 Å². The number of rotatable bonds is 2. The quantitative estimate of drug-likeness (QED) is 0.806. The Hall–Kier alpha value is -1.67. The predicted molar refractivity (Wildman–Crippen MR) is 60.3 cm³/mol. The molecule has 0 aliphatic rings. The first-order valence-corrected chi connectivity index (χ1v) is 4.94. The van der Waals surface area contributed by atoms with Crippen LogP contribution in [0, 0.1) is 6.92 Å². The topological polar surface area (TPSA) is 33.1 Å². The molecule has 0 unspecified atom stereocenters. The molecule has 1 N–H and O–H groups in total. The third-order valence-electron chi connectivity index (χ3n) is 2.35. The summed E-state index contributed by atoms with van der Waals surface area (Å²) in [5.74, 6) is 0. The molecular formula is C13H13NO. The summed E-state index contributed by atoms with van der Waals surface area (Å²) in [5.41, 5.74) is 3.82. The van der Waals surface area contributed by atoms with Crippen molar-refractivity contribution in [2.24, 2.45) is 0 Å². The fourth-order valence-electron chi connectivity index (χ4n) is 1.60. The van der Waals surface area contributed by atoms with Crippen LogP contribution in [0.2, 0.25) is 0 Å². The first-order valence-electron chi connectivity index (χ1n) is 4.94. The van der Waals surface area contributed by atoms with Gasteiger partial charge in [0.05, 0.1) is 12.3 Å². The van der Waals surface area contributed by atoms with Crippen LogP contribution >= 0.6 is 0 Å². The molecule has 2 heteroatoms. The molecule has 0 saturated heterocycles. The van der Waals surface area contributed by atoms with E-state index in [9.17, 15) is 5.11 Å². The summed E-state index contributed by atoms with van der Waals surface area (Å²) in [6, 6.07) is 13.7. The number of pyridine rings is 1. The number of nitrogens with zero attached hydrogens (tertiary/aromatic N) is 1. The Labute approximate surface area is 89.2 Å². The summed E-state index contributed by atoms with van der Waals surface area (Å²) < 4.78 is 0. The van der Waals surface area contributed by atoms with E-state index in [1.54, 1.807) is 0 Å². The molecule has 2 aromatic rings. The van der Waals surface area contributed by atoms with Crippen molar-refractivity contribution in [3.05, 3.63) is 53.7 Å². The molecule has 2 nitrogen and oxygen atoms in total. The lowest BCUT2D eigenvalue weighted by Crippen LogP contribution is -1.92. The molecule has 1 aromatic carbocycles. The maximum Gasteiger partial charge on any atom is 0.0708 e. The van der Waals surface area contributed by atoms with E-state index in [-0.39, 0.29) is 6.61 Å². The average molecular weight is 199 g/mol. The Bertz CT molecular complexity index is 466. The zero-order chi connectivity index (χ0) is 10.7. The van der Waals surface area contributed by atoms with E-state index in [0.29, 0.717) is 0 Å². The fraction of sp³-hybridized carbons (Fsp3) is 0.154. The van der Waals surface area contributed by atoms with Gasteiger partial charge in [-0.1, -0.05) is 30.3 Å². The second-order valence-corrected chi connectivity index (χ2v) is 3.48. The molecule has 0 fully saturated rings. The second-order valence-electron chi connectivity index (χ2n) is 3.48. The molecule has 1 aromatic heterocycles. The van der Waals surface area contributed by atoms with Crippen LogP contribution in [-0.4, -0.2) is 10.1 Å². The summed E-state index contributed by atoms with van der Waals surface area (Å²) in [7, 11) is 0. The number of aliphatic hydroxyl groups is 1. The fourth-order valence-corrected chi connectivity index (χ4v) is 1.60. The highest BCUT2D eigenvalue weighted by Crippen LogP contribution is 2.21. The molecule has 76 valence electrons. The number of aromatic nitrogens is 1. The highest BCUT2D eigenvalue weighted by Gasteiger charge is 2.04. The summed E-state index contributed by atoms with van der Waals surface area (Å²) in [6.07, 6.45) is 0. The molecule has 1 heterocycles. The van der Waals surface area contributed by atoms with Gasteiger partial charge < -0.3 is 5.11 Å². The van der Waals surface area contributed by atoms with Crippen LogP contribution in [0.1, 0.15) is 11.3 Å². The molecule has 0 amide bonds. The predicted octanol–water partition coefficient (Wildman–Crippen LogP) is 2.55. The lowest BCUT2D eigenvalue weighted by molar-refractivity contribution is 0.282. The summed E-state index contributed by atoms with van der Waals surface area (Å²) >= 11 is 0. The molecule has 0 aliphatic carbocycles. The normalized spacial score (nSPS) is 10.3. The first-order chi connectivity index (χ1) is 7.31. The van der Waals surface area contributed by atoms with E-state index in [1.807, 2.05) is 49.4 Å². The molecule has 0 aliphatic heterocycles. The minimum Gasteiger partial charge on any atom is -0.392 e. The van der Waals surface area contributed by atoms with Crippen molar-refractivity contribution in [2.75, 3.05) is 0 Å². The zero-order valence-corrected chi connectivity index (χ0v) is 8.64. The van der Waals surface area contributed by atoms with Crippen molar-refractivity contribution in [3.8, 4) is 11.3 Å². The highest BCUT2D eigenvalue weighted by atomic mass is 16.3. The number of aryl methyl sites for hydroxylation is 1. The Balaban J connectivity index is 2.53. The minimum absolute atomic E-state index is 0.0474. The molecule has 0 atom stereocenters. The number of aliphatic hydroxyl groups excluding tert-OH is 1. The van der Waals surface area contributed by atoms with Crippen molar-refractivity contribution in [1.29, 1.82) is 0 Å². The Kier molecular flexibility index (Phi) is 2.79. The maximum absolute atomic E-state index is 9.22. The number of hydrogen-bond donors (Lipinski definition) is 1. The lowest BCUT2D eigenvalue weighted by atomic mass is 10.0. The number of hydrogen-bond acceptors (Lipinski definition) is 2. The van der Waals surface area contributed by atoms with E-state index in [4.69, 9.17) is 0 Å². The van der Waals surface area contributed by atoms with Crippen LogP contribution in [0.3, 0.4) is 0 Å². The molecule has 2 rings (SSSR count). The van der Waals surface area contributed by atoms with Gasteiger partial charge in [0, 0.05) is 11.3 Å². The van der Waals surface area contributed by atoms with Gasteiger partial charge in [-0.05, 0) is 24.6 Å². The van der Waals surface area contributed by atoms with Crippen molar-refractivity contribution >= 4 is 0 Å². The third-order valence-corrected chi connectivity index (χ3v) is 2.35. The van der Waals surface area contributed by atoms with Gasteiger partial charge in [-0.25, -0.2) is 0 Å². The minimum atomic E-state index is 0.0474. The third kappa shape index (κ3) is 2.05. The summed E-state index contributed by atoms with van der Waals surface area (Å²) in [4.78, 5) is 4.44. The monoisotopic (exact) mass is 199 g/mol. The lowest BCUT2D eigenvalue weighted by Gasteiger charge is -2.06. The van der Waals surface area contributed by atoms with Crippen LogP contribution < -0.4 is 0 Å². The van der Waals surface area contributed by atoms with Gasteiger partial charge in [-0.15, -0.1) is 0 Å². The van der Waals surface area contributed by atoms with Crippen LogP contribution in [-0.2, 0) is 6.61 Å². The smallest absolute Gasteiger partial charge is 0.0708 e. The Morgan fingerprint density at radius 2 is 1.87 bits per heavy atom. The van der Waals surface area contributed by atoms with Crippen molar-refractivity contribution < 1.29 is 5.11 Å². The van der Waals surface area contributed by atoms with Crippen molar-refractivity contribution in [2.45, 2.75) is 13.5 Å². The van der Waals surface area contributed by atoms with E-state index in [0.717, 1.165) is 22.5 Å². The van der Waals surface area contributed by atoms with E-state index >= 15 is 0 Å². The van der Waals surface area contributed by atoms with Gasteiger partial charge >= 0.3 is 0 Å². The van der Waals surface area contributed by atoms with Crippen LogP contribution in [0.15, 0.2) is 42.5 Å². The van der Waals surface area contributed by atoms with E-state index in [2.05, 4.69) is 4.98 Å². The molecular weight excluding hydrogens is 186 g/mol. The van der Waals surface area contributed by atoms with Gasteiger partial charge in [0.15, 0.2) is 0 Å². The SMILES string of the molecule is Cc1cccc(-c2ccccc2CO)n1. The Morgan fingerprint density at radius 3 is 2.60 bits per heavy atom. The second kappa shape index (κ2) is 4.24. The maximum atomic E-state index is 9.22. The first kappa shape index (κ1) is 9.87. The van der Waals surface area contributed by atoms with Crippen molar-refractivity contribution in [1.82, 2.24) is 4.98 Å². The van der Waals surface area contributed by atoms with Gasteiger partial charge in [-0.2, -0.15) is 0 Å². The molecule has 0 saturated carbocycles. The van der Waals surface area contributed by atoms with E-state index < -0.39 is 0 Å². The average Bonchev–Trinajstić information content (AvgIpc) is 2.29. The Morgan fingerprint density at radius 1 is 1.07 bits per heavy atom. The standard InChI is InChI=1S/C13H13NO/c1-10-5-4-8-13(14-10)12-7-3-2-6-11(12)9-15/h2-8,15H,9H2,1H3. The van der Waals surface area contributed by atoms with Crippen LogP contribution in [0.25, 0.3) is 11.3 Å². The van der Waals surface area contributed by atoms with Crippen molar-refractivity contribution in [3.63, 3.8) is 0 Å². The summed E-state index contributed by atoms with van der Waals surface area (Å²) in [5, 5.41) is 9.22. The van der Waals surface area contributed by atoms with E-state index in [1.165, 1.54) is 0 Å². The largest absolute Gasteiger partial charge is 0.392 e. The summed E-state index contributed by atoms with van der Waals surface area (Å²) in [6.45, 7) is 2.01. The zero-order valence-electron chi connectivity index (χ0n) is 8.64. The molecule has 0 spiro atoms.